The van der Waals surface area contributed by atoms with Gasteiger partial charge in [0.25, 0.3) is 0 Å². The Morgan fingerprint density at radius 3 is 2.58 bits per heavy atom. The summed E-state index contributed by atoms with van der Waals surface area (Å²) in [6, 6.07) is 10.1. The SMILES string of the molecule is CCN(CC)S(=O)(=O)c1cccc(NC(=O)C=Cc2cccs2)c1. The average molecular weight is 364 g/mol. The summed E-state index contributed by atoms with van der Waals surface area (Å²) in [6.07, 6.45) is 3.15. The van der Waals surface area contributed by atoms with Gasteiger partial charge in [-0.25, -0.2) is 8.42 Å². The molecular formula is C17H20N2O3S2. The van der Waals surface area contributed by atoms with E-state index in [9.17, 15) is 13.2 Å². The van der Waals surface area contributed by atoms with Gasteiger partial charge in [-0.3, -0.25) is 4.79 Å². The predicted molar refractivity (Wildman–Crippen MR) is 98.5 cm³/mol. The molecule has 1 aromatic heterocycles. The van der Waals surface area contributed by atoms with Gasteiger partial charge in [-0.2, -0.15) is 4.31 Å². The number of thiophene rings is 1. The molecule has 2 rings (SSSR count). The lowest BCUT2D eigenvalue weighted by atomic mass is 10.3. The van der Waals surface area contributed by atoms with Crippen LogP contribution in [-0.2, 0) is 14.8 Å². The van der Waals surface area contributed by atoms with Crippen molar-refractivity contribution >= 4 is 39.0 Å². The van der Waals surface area contributed by atoms with Crippen molar-refractivity contribution < 1.29 is 13.2 Å². The molecule has 0 bridgehead atoms. The summed E-state index contributed by atoms with van der Waals surface area (Å²) >= 11 is 1.53. The lowest BCUT2D eigenvalue weighted by molar-refractivity contribution is -0.111. The van der Waals surface area contributed by atoms with Crippen molar-refractivity contribution in [3.05, 3.63) is 52.7 Å². The van der Waals surface area contributed by atoms with Gasteiger partial charge in [-0.05, 0) is 35.7 Å². The second-order valence-corrected chi connectivity index (χ2v) is 7.87. The van der Waals surface area contributed by atoms with E-state index in [0.29, 0.717) is 18.8 Å². The van der Waals surface area contributed by atoms with E-state index >= 15 is 0 Å². The van der Waals surface area contributed by atoms with E-state index in [-0.39, 0.29) is 10.8 Å². The first-order valence-corrected chi connectivity index (χ1v) is 9.92. The lowest BCUT2D eigenvalue weighted by Crippen LogP contribution is -2.30. The van der Waals surface area contributed by atoms with E-state index < -0.39 is 10.0 Å². The Morgan fingerprint density at radius 2 is 1.96 bits per heavy atom. The van der Waals surface area contributed by atoms with E-state index in [0.717, 1.165) is 4.88 Å². The monoisotopic (exact) mass is 364 g/mol. The maximum absolute atomic E-state index is 12.5. The fourth-order valence-corrected chi connectivity index (χ4v) is 4.30. The summed E-state index contributed by atoms with van der Waals surface area (Å²) in [5.41, 5.74) is 0.448. The van der Waals surface area contributed by atoms with Crippen LogP contribution in [0.1, 0.15) is 18.7 Å². The first kappa shape index (κ1) is 18.4. The zero-order valence-corrected chi connectivity index (χ0v) is 15.2. The van der Waals surface area contributed by atoms with Crippen LogP contribution in [0.3, 0.4) is 0 Å². The van der Waals surface area contributed by atoms with E-state index in [2.05, 4.69) is 5.32 Å². The number of nitrogens with zero attached hydrogens (tertiary/aromatic N) is 1. The Hall–Kier alpha value is -1.96. The molecule has 5 nitrogen and oxygen atoms in total. The number of sulfonamides is 1. The molecule has 128 valence electrons. The van der Waals surface area contributed by atoms with Gasteiger partial charge >= 0.3 is 0 Å². The molecule has 0 aliphatic heterocycles. The smallest absolute Gasteiger partial charge is 0.248 e. The third-order valence-corrected chi connectivity index (χ3v) is 6.27. The number of benzene rings is 1. The van der Waals surface area contributed by atoms with Gasteiger partial charge in [-0.1, -0.05) is 26.0 Å². The first-order valence-electron chi connectivity index (χ1n) is 7.60. The largest absolute Gasteiger partial charge is 0.322 e. The van der Waals surface area contributed by atoms with Crippen LogP contribution in [0.25, 0.3) is 6.08 Å². The van der Waals surface area contributed by atoms with Crippen LogP contribution in [0.5, 0.6) is 0 Å². The fraction of sp³-hybridized carbons (Fsp3) is 0.235. The highest BCUT2D eigenvalue weighted by molar-refractivity contribution is 7.89. The lowest BCUT2D eigenvalue weighted by Gasteiger charge is -2.18. The van der Waals surface area contributed by atoms with Crippen LogP contribution in [-0.4, -0.2) is 31.7 Å². The maximum Gasteiger partial charge on any atom is 0.248 e. The first-order chi connectivity index (χ1) is 11.5. The number of carbonyl (C=O) groups excluding carboxylic acids is 1. The highest BCUT2D eigenvalue weighted by Crippen LogP contribution is 2.19. The predicted octanol–water partition coefficient (Wildman–Crippen LogP) is 3.43. The van der Waals surface area contributed by atoms with Gasteiger partial charge in [-0.15, -0.1) is 11.3 Å². The van der Waals surface area contributed by atoms with Crippen LogP contribution in [0.15, 0.2) is 52.7 Å². The molecule has 24 heavy (non-hydrogen) atoms. The fourth-order valence-electron chi connectivity index (χ4n) is 2.17. The topological polar surface area (TPSA) is 66.5 Å². The van der Waals surface area contributed by atoms with Gasteiger partial charge in [0, 0.05) is 29.7 Å². The summed E-state index contributed by atoms with van der Waals surface area (Å²) in [4.78, 5) is 13.1. The molecule has 1 N–H and O–H groups in total. The van der Waals surface area contributed by atoms with Gasteiger partial charge in [0.05, 0.1) is 4.90 Å². The van der Waals surface area contributed by atoms with Crippen LogP contribution >= 0.6 is 11.3 Å². The van der Waals surface area contributed by atoms with Gasteiger partial charge in [0.15, 0.2) is 0 Å². The molecule has 1 aromatic carbocycles. The quantitative estimate of drug-likeness (QED) is 0.766. The third kappa shape index (κ3) is 4.53. The Balaban J connectivity index is 2.14. The van der Waals surface area contributed by atoms with Crippen molar-refractivity contribution in [2.45, 2.75) is 18.7 Å². The van der Waals surface area contributed by atoms with Crippen molar-refractivity contribution in [3.63, 3.8) is 0 Å². The standard InChI is InChI=1S/C17H20N2O3S2/c1-3-19(4-2)24(21,22)16-9-5-7-14(13-16)18-17(20)11-10-15-8-6-12-23-15/h5-13H,3-4H2,1-2H3,(H,18,20). The van der Waals surface area contributed by atoms with Crippen molar-refractivity contribution in [2.24, 2.45) is 0 Å². The third-order valence-electron chi connectivity index (χ3n) is 3.39. The molecule has 0 saturated heterocycles. The number of nitrogens with one attached hydrogen (secondary N) is 1. The molecule has 0 atom stereocenters. The highest BCUT2D eigenvalue weighted by Gasteiger charge is 2.21. The van der Waals surface area contributed by atoms with Gasteiger partial charge in [0.1, 0.15) is 0 Å². The zero-order valence-electron chi connectivity index (χ0n) is 13.6. The summed E-state index contributed by atoms with van der Waals surface area (Å²) in [5.74, 6) is -0.305. The Labute approximate surface area is 146 Å². The van der Waals surface area contributed by atoms with Crippen molar-refractivity contribution in [2.75, 3.05) is 18.4 Å². The maximum atomic E-state index is 12.5. The molecule has 0 saturated carbocycles. The molecular weight excluding hydrogens is 344 g/mol. The molecule has 0 spiro atoms. The zero-order chi connectivity index (χ0) is 17.6. The normalized spacial score (nSPS) is 12.0. The van der Waals surface area contributed by atoms with Gasteiger partial charge < -0.3 is 5.32 Å². The van der Waals surface area contributed by atoms with E-state index in [1.54, 1.807) is 32.1 Å². The van der Waals surface area contributed by atoms with Crippen LogP contribution in [0, 0.1) is 0 Å². The molecule has 0 aliphatic carbocycles. The summed E-state index contributed by atoms with van der Waals surface area (Å²) < 4.78 is 26.4. The number of rotatable bonds is 7. The molecule has 0 aliphatic rings. The van der Waals surface area contributed by atoms with Crippen LogP contribution < -0.4 is 5.32 Å². The van der Waals surface area contributed by atoms with E-state index in [1.807, 2.05) is 17.5 Å². The molecule has 2 aromatic rings. The Bertz CT molecular complexity index is 808. The second-order valence-electron chi connectivity index (χ2n) is 4.96. The molecule has 1 heterocycles. The summed E-state index contributed by atoms with van der Waals surface area (Å²) in [5, 5.41) is 4.62. The molecule has 0 fully saturated rings. The minimum absolute atomic E-state index is 0.172. The number of hydrogen-bond donors (Lipinski definition) is 1. The average Bonchev–Trinajstić information content (AvgIpc) is 3.07. The van der Waals surface area contributed by atoms with Crippen LogP contribution in [0.4, 0.5) is 5.69 Å². The number of anilines is 1. The van der Waals surface area contributed by atoms with E-state index in [4.69, 9.17) is 0 Å². The van der Waals surface area contributed by atoms with Crippen molar-refractivity contribution in [1.82, 2.24) is 4.31 Å². The summed E-state index contributed by atoms with van der Waals surface area (Å²) in [7, 11) is -3.54. The van der Waals surface area contributed by atoms with E-state index in [1.165, 1.54) is 33.9 Å². The minimum atomic E-state index is -3.54. The Kier molecular flexibility index (Phi) is 6.30. The van der Waals surface area contributed by atoms with Crippen molar-refractivity contribution in [1.29, 1.82) is 0 Å². The summed E-state index contributed by atoms with van der Waals surface area (Å²) in [6.45, 7) is 4.39. The number of amides is 1. The molecule has 7 heteroatoms. The molecule has 0 radical (unpaired) electrons. The Morgan fingerprint density at radius 1 is 1.21 bits per heavy atom. The molecule has 0 unspecified atom stereocenters. The van der Waals surface area contributed by atoms with Crippen LogP contribution in [0.2, 0.25) is 0 Å². The number of carbonyl (C=O) groups is 1. The highest BCUT2D eigenvalue weighted by atomic mass is 32.2. The molecule has 1 amide bonds. The minimum Gasteiger partial charge on any atom is -0.322 e. The second kappa shape index (κ2) is 8.23. The number of hydrogen-bond acceptors (Lipinski definition) is 4. The van der Waals surface area contributed by atoms with Gasteiger partial charge in [0.2, 0.25) is 15.9 Å². The van der Waals surface area contributed by atoms with Crippen molar-refractivity contribution in [3.8, 4) is 0 Å².